The predicted molar refractivity (Wildman–Crippen MR) is 85.1 cm³/mol. The van der Waals surface area contributed by atoms with Crippen LogP contribution in [0.25, 0.3) is 0 Å². The van der Waals surface area contributed by atoms with Gasteiger partial charge in [-0.3, -0.25) is 14.5 Å². The van der Waals surface area contributed by atoms with Crippen molar-refractivity contribution in [1.82, 2.24) is 19.6 Å². The average molecular weight is 291 g/mol. The molecule has 1 aromatic heterocycles. The molecule has 1 aromatic rings. The highest BCUT2D eigenvalue weighted by atomic mass is 15.3. The van der Waals surface area contributed by atoms with Crippen LogP contribution in [0.1, 0.15) is 43.0 Å². The molecule has 0 saturated carbocycles. The number of rotatable bonds is 4. The van der Waals surface area contributed by atoms with E-state index in [1.165, 1.54) is 44.3 Å². The van der Waals surface area contributed by atoms with E-state index in [4.69, 9.17) is 5.73 Å². The van der Waals surface area contributed by atoms with E-state index >= 15 is 0 Å². The molecule has 0 aliphatic carbocycles. The van der Waals surface area contributed by atoms with Crippen LogP contribution in [0, 0.1) is 6.92 Å². The van der Waals surface area contributed by atoms with Crippen LogP contribution in [0.5, 0.6) is 0 Å². The Morgan fingerprint density at radius 1 is 1.29 bits per heavy atom. The first-order valence-corrected chi connectivity index (χ1v) is 8.37. The normalized spacial score (nSPS) is 26.3. The molecule has 3 rings (SSSR count). The number of likely N-dealkylation sites (tertiary alicyclic amines) is 2. The first-order valence-electron chi connectivity index (χ1n) is 8.37. The molecule has 5 heteroatoms. The molecule has 3 heterocycles. The minimum atomic E-state index is 0.327. The summed E-state index contributed by atoms with van der Waals surface area (Å²) in [5.41, 5.74) is 8.52. The number of aryl methyl sites for hydroxylation is 2. The number of aromatic nitrogens is 2. The molecular formula is C16H29N5. The Balaban J connectivity index is 1.67. The van der Waals surface area contributed by atoms with Gasteiger partial charge in [-0.25, -0.2) is 0 Å². The Kier molecular flexibility index (Phi) is 4.62. The molecule has 0 spiro atoms. The smallest absolute Gasteiger partial charge is 0.0641 e. The largest absolute Gasteiger partial charge is 0.329 e. The maximum atomic E-state index is 6.09. The van der Waals surface area contributed by atoms with Crippen LogP contribution >= 0.6 is 0 Å². The van der Waals surface area contributed by atoms with Crippen LogP contribution in [0.15, 0.2) is 6.20 Å². The summed E-state index contributed by atoms with van der Waals surface area (Å²) in [5.74, 6) is 0. The van der Waals surface area contributed by atoms with Crippen molar-refractivity contribution >= 4 is 0 Å². The van der Waals surface area contributed by atoms with E-state index in [-0.39, 0.29) is 0 Å². The van der Waals surface area contributed by atoms with Gasteiger partial charge in [0.1, 0.15) is 0 Å². The van der Waals surface area contributed by atoms with Crippen molar-refractivity contribution in [3.8, 4) is 0 Å². The first kappa shape index (κ1) is 15.0. The van der Waals surface area contributed by atoms with Crippen LogP contribution in [0.3, 0.4) is 0 Å². The minimum Gasteiger partial charge on any atom is -0.329 e. The van der Waals surface area contributed by atoms with Gasteiger partial charge in [-0.1, -0.05) is 6.42 Å². The van der Waals surface area contributed by atoms with E-state index in [2.05, 4.69) is 28.0 Å². The van der Waals surface area contributed by atoms with Gasteiger partial charge in [-0.2, -0.15) is 5.10 Å². The number of hydrogen-bond acceptors (Lipinski definition) is 4. The lowest BCUT2D eigenvalue weighted by molar-refractivity contribution is 0.152. The Hall–Kier alpha value is -0.910. The molecule has 2 aliphatic rings. The lowest BCUT2D eigenvalue weighted by Crippen LogP contribution is -2.42. The quantitative estimate of drug-likeness (QED) is 0.908. The van der Waals surface area contributed by atoms with Gasteiger partial charge in [0, 0.05) is 44.5 Å². The zero-order valence-electron chi connectivity index (χ0n) is 13.5. The molecule has 2 atom stereocenters. The van der Waals surface area contributed by atoms with E-state index in [0.29, 0.717) is 12.6 Å². The zero-order chi connectivity index (χ0) is 14.8. The fourth-order valence-electron chi connectivity index (χ4n) is 4.05. The van der Waals surface area contributed by atoms with Crippen molar-refractivity contribution in [2.45, 2.75) is 44.7 Å². The summed E-state index contributed by atoms with van der Waals surface area (Å²) < 4.78 is 1.91. The van der Waals surface area contributed by atoms with E-state index in [1.54, 1.807) is 0 Å². The second kappa shape index (κ2) is 6.46. The van der Waals surface area contributed by atoms with Gasteiger partial charge < -0.3 is 5.73 Å². The van der Waals surface area contributed by atoms with Gasteiger partial charge in [0.2, 0.25) is 0 Å². The fraction of sp³-hybridized carbons (Fsp3) is 0.812. The van der Waals surface area contributed by atoms with Gasteiger partial charge >= 0.3 is 0 Å². The lowest BCUT2D eigenvalue weighted by atomic mass is 10.1. The average Bonchev–Trinajstić information content (AvgIpc) is 3.09. The SMILES string of the molecule is Cc1nn(C)cc1C(CN)N1CCC(N2CCCCC2)C1. The van der Waals surface area contributed by atoms with Crippen LogP contribution in [0.4, 0.5) is 0 Å². The van der Waals surface area contributed by atoms with E-state index in [0.717, 1.165) is 24.8 Å². The third kappa shape index (κ3) is 3.15. The topological polar surface area (TPSA) is 50.3 Å². The van der Waals surface area contributed by atoms with Crippen LogP contribution in [0.2, 0.25) is 0 Å². The summed E-state index contributed by atoms with van der Waals surface area (Å²) >= 11 is 0. The van der Waals surface area contributed by atoms with Crippen LogP contribution < -0.4 is 5.73 Å². The summed E-state index contributed by atoms with van der Waals surface area (Å²) in [6, 6.07) is 1.06. The van der Waals surface area contributed by atoms with Crippen molar-refractivity contribution in [2.75, 3.05) is 32.7 Å². The molecule has 2 saturated heterocycles. The maximum Gasteiger partial charge on any atom is 0.0641 e. The fourth-order valence-corrected chi connectivity index (χ4v) is 4.05. The summed E-state index contributed by atoms with van der Waals surface area (Å²) in [6.07, 6.45) is 7.58. The van der Waals surface area contributed by atoms with Crippen LogP contribution in [-0.4, -0.2) is 58.3 Å². The van der Waals surface area contributed by atoms with Crippen LogP contribution in [-0.2, 0) is 7.05 Å². The Morgan fingerprint density at radius 2 is 2.05 bits per heavy atom. The standard InChI is InChI=1S/C16H29N5/c1-13-15(12-19(2)18-13)16(10-17)21-9-6-14(11-21)20-7-4-3-5-8-20/h12,14,16H,3-11,17H2,1-2H3. The number of nitrogens with zero attached hydrogens (tertiary/aromatic N) is 4. The third-order valence-corrected chi connectivity index (χ3v) is 5.18. The molecule has 0 radical (unpaired) electrons. The lowest BCUT2D eigenvalue weighted by Gasteiger charge is -2.33. The number of piperidine rings is 1. The second-order valence-corrected chi connectivity index (χ2v) is 6.63. The molecule has 2 N–H and O–H groups in total. The second-order valence-electron chi connectivity index (χ2n) is 6.63. The molecule has 2 aliphatic heterocycles. The Morgan fingerprint density at radius 3 is 2.67 bits per heavy atom. The predicted octanol–water partition coefficient (Wildman–Crippen LogP) is 1.29. The van der Waals surface area contributed by atoms with E-state index in [9.17, 15) is 0 Å². The highest BCUT2D eigenvalue weighted by molar-refractivity contribution is 5.21. The molecule has 2 unspecified atom stereocenters. The zero-order valence-corrected chi connectivity index (χ0v) is 13.5. The van der Waals surface area contributed by atoms with E-state index < -0.39 is 0 Å². The summed E-state index contributed by atoms with van der Waals surface area (Å²) in [7, 11) is 1.99. The maximum absolute atomic E-state index is 6.09. The minimum absolute atomic E-state index is 0.327. The molecule has 0 amide bonds. The molecule has 118 valence electrons. The van der Waals surface area contributed by atoms with Crippen molar-refractivity contribution < 1.29 is 0 Å². The molecular weight excluding hydrogens is 262 g/mol. The molecule has 2 fully saturated rings. The monoisotopic (exact) mass is 291 g/mol. The van der Waals surface area contributed by atoms with Gasteiger partial charge in [0.25, 0.3) is 0 Å². The molecule has 0 aromatic carbocycles. The highest BCUT2D eigenvalue weighted by Gasteiger charge is 2.33. The first-order chi connectivity index (χ1) is 10.2. The molecule has 0 bridgehead atoms. The van der Waals surface area contributed by atoms with Gasteiger partial charge in [-0.05, 0) is 39.3 Å². The Labute approximate surface area is 128 Å². The number of hydrogen-bond donors (Lipinski definition) is 1. The van der Waals surface area contributed by atoms with Gasteiger partial charge in [0.05, 0.1) is 11.7 Å². The van der Waals surface area contributed by atoms with Crippen molar-refractivity contribution in [3.05, 3.63) is 17.5 Å². The van der Waals surface area contributed by atoms with Gasteiger partial charge in [0.15, 0.2) is 0 Å². The van der Waals surface area contributed by atoms with Gasteiger partial charge in [-0.15, -0.1) is 0 Å². The summed E-state index contributed by atoms with van der Waals surface area (Å²) in [6.45, 7) is 7.68. The van der Waals surface area contributed by atoms with Crippen molar-refractivity contribution in [1.29, 1.82) is 0 Å². The highest BCUT2D eigenvalue weighted by Crippen LogP contribution is 2.28. The van der Waals surface area contributed by atoms with Crippen molar-refractivity contribution in [2.24, 2.45) is 12.8 Å². The van der Waals surface area contributed by atoms with Crippen molar-refractivity contribution in [3.63, 3.8) is 0 Å². The summed E-state index contributed by atoms with van der Waals surface area (Å²) in [5, 5.41) is 4.48. The third-order valence-electron chi connectivity index (χ3n) is 5.18. The molecule has 5 nitrogen and oxygen atoms in total. The Bertz CT molecular complexity index is 463. The molecule has 21 heavy (non-hydrogen) atoms. The number of nitrogens with two attached hydrogens (primary N) is 1. The summed E-state index contributed by atoms with van der Waals surface area (Å²) in [4.78, 5) is 5.27. The van der Waals surface area contributed by atoms with E-state index in [1.807, 2.05) is 11.7 Å².